The summed E-state index contributed by atoms with van der Waals surface area (Å²) in [5, 5.41) is 0. The molecule has 7 heteroatoms. The molecule has 0 saturated carbocycles. The molecular formula is C10H15ClN2O4. The van der Waals surface area contributed by atoms with Gasteiger partial charge < -0.3 is 14.5 Å². The fourth-order valence-corrected chi connectivity index (χ4v) is 1.98. The topological polar surface area (TPSA) is 66.9 Å². The third kappa shape index (κ3) is 3.09. The van der Waals surface area contributed by atoms with Crippen LogP contribution in [0.5, 0.6) is 0 Å². The largest absolute Gasteiger partial charge is 0.467 e. The summed E-state index contributed by atoms with van der Waals surface area (Å²) < 4.78 is 4.63. The van der Waals surface area contributed by atoms with Crippen LogP contribution in [0.2, 0.25) is 0 Å². The van der Waals surface area contributed by atoms with Gasteiger partial charge in [-0.05, 0) is 0 Å². The van der Waals surface area contributed by atoms with Crippen LogP contribution in [-0.2, 0) is 19.1 Å². The highest BCUT2D eigenvalue weighted by molar-refractivity contribution is 6.27. The first kappa shape index (κ1) is 13.8. The Labute approximate surface area is 104 Å². The number of nitrogens with zero attached hydrogens (tertiary/aromatic N) is 2. The maximum absolute atomic E-state index is 11.6. The summed E-state index contributed by atoms with van der Waals surface area (Å²) in [5.74, 6) is -1.11. The number of piperazine rings is 1. The summed E-state index contributed by atoms with van der Waals surface area (Å²) >= 11 is 5.46. The molecule has 17 heavy (non-hydrogen) atoms. The molecule has 1 rings (SSSR count). The Morgan fingerprint density at radius 2 is 2.00 bits per heavy atom. The van der Waals surface area contributed by atoms with Crippen molar-refractivity contribution in [2.75, 3.05) is 32.6 Å². The van der Waals surface area contributed by atoms with Gasteiger partial charge in [0.1, 0.15) is 11.9 Å². The first-order valence-corrected chi connectivity index (χ1v) is 5.73. The second-order valence-electron chi connectivity index (χ2n) is 3.72. The molecule has 96 valence electrons. The number of alkyl halides is 1. The van der Waals surface area contributed by atoms with Gasteiger partial charge in [-0.3, -0.25) is 9.59 Å². The van der Waals surface area contributed by atoms with E-state index in [1.807, 2.05) is 0 Å². The van der Waals surface area contributed by atoms with E-state index in [9.17, 15) is 14.4 Å². The zero-order valence-corrected chi connectivity index (χ0v) is 10.6. The molecule has 1 saturated heterocycles. The first-order valence-electron chi connectivity index (χ1n) is 5.20. The number of rotatable bonds is 2. The third-order valence-electron chi connectivity index (χ3n) is 2.73. The van der Waals surface area contributed by atoms with Crippen LogP contribution in [0.3, 0.4) is 0 Å². The summed E-state index contributed by atoms with van der Waals surface area (Å²) in [4.78, 5) is 37.2. The van der Waals surface area contributed by atoms with E-state index < -0.39 is 12.0 Å². The predicted molar refractivity (Wildman–Crippen MR) is 60.5 cm³/mol. The van der Waals surface area contributed by atoms with Crippen LogP contribution >= 0.6 is 11.6 Å². The maximum Gasteiger partial charge on any atom is 0.330 e. The van der Waals surface area contributed by atoms with Crippen molar-refractivity contribution in [3.63, 3.8) is 0 Å². The highest BCUT2D eigenvalue weighted by atomic mass is 35.5. The average molecular weight is 263 g/mol. The second kappa shape index (κ2) is 5.86. The predicted octanol–water partition coefficient (Wildman–Crippen LogP) is -0.543. The number of hydrogen-bond donors (Lipinski definition) is 0. The highest BCUT2D eigenvalue weighted by Gasteiger charge is 2.35. The van der Waals surface area contributed by atoms with Crippen LogP contribution in [0.15, 0.2) is 0 Å². The van der Waals surface area contributed by atoms with Crippen molar-refractivity contribution in [1.82, 2.24) is 9.80 Å². The Morgan fingerprint density at radius 3 is 2.47 bits per heavy atom. The zero-order chi connectivity index (χ0) is 13.0. The molecule has 0 aromatic heterocycles. The molecule has 1 heterocycles. The third-order valence-corrected chi connectivity index (χ3v) is 2.95. The van der Waals surface area contributed by atoms with E-state index in [-0.39, 0.29) is 24.2 Å². The average Bonchev–Trinajstić information content (AvgIpc) is 2.35. The molecule has 0 bridgehead atoms. The van der Waals surface area contributed by atoms with Gasteiger partial charge in [-0.1, -0.05) is 0 Å². The van der Waals surface area contributed by atoms with E-state index in [1.165, 1.54) is 23.8 Å². The van der Waals surface area contributed by atoms with Gasteiger partial charge in [0.2, 0.25) is 11.8 Å². The van der Waals surface area contributed by atoms with E-state index in [1.54, 1.807) is 0 Å². The minimum absolute atomic E-state index is 0.131. The van der Waals surface area contributed by atoms with Crippen LogP contribution in [0, 0.1) is 0 Å². The van der Waals surface area contributed by atoms with Crippen molar-refractivity contribution in [1.29, 1.82) is 0 Å². The number of halogens is 1. The van der Waals surface area contributed by atoms with E-state index in [0.29, 0.717) is 13.1 Å². The lowest BCUT2D eigenvalue weighted by molar-refractivity contribution is -0.157. The summed E-state index contributed by atoms with van der Waals surface area (Å²) in [6, 6.07) is -0.738. The quantitative estimate of drug-likeness (QED) is 0.495. The van der Waals surface area contributed by atoms with Crippen LogP contribution in [-0.4, -0.2) is 66.2 Å². The molecule has 1 fully saturated rings. The lowest BCUT2D eigenvalue weighted by Crippen LogP contribution is -2.59. The lowest BCUT2D eigenvalue weighted by Gasteiger charge is -2.39. The van der Waals surface area contributed by atoms with Crippen molar-refractivity contribution >= 4 is 29.4 Å². The number of amides is 2. The molecule has 0 unspecified atom stereocenters. The molecule has 1 aliphatic heterocycles. The number of methoxy groups -OCH3 is 1. The fourth-order valence-electron chi connectivity index (χ4n) is 1.81. The Balaban J connectivity index is 2.80. The van der Waals surface area contributed by atoms with Crippen molar-refractivity contribution in [2.45, 2.75) is 13.0 Å². The Kier molecular flexibility index (Phi) is 4.74. The molecule has 0 aromatic rings. The van der Waals surface area contributed by atoms with Crippen LogP contribution in [0.4, 0.5) is 0 Å². The van der Waals surface area contributed by atoms with Gasteiger partial charge in [0.25, 0.3) is 0 Å². The van der Waals surface area contributed by atoms with Crippen molar-refractivity contribution in [3.05, 3.63) is 0 Å². The molecule has 0 radical (unpaired) electrons. The molecule has 0 spiro atoms. The smallest absolute Gasteiger partial charge is 0.330 e. The minimum Gasteiger partial charge on any atom is -0.467 e. The van der Waals surface area contributed by atoms with Crippen LogP contribution in [0.1, 0.15) is 6.92 Å². The van der Waals surface area contributed by atoms with Gasteiger partial charge in [-0.2, -0.15) is 0 Å². The van der Waals surface area contributed by atoms with Gasteiger partial charge in [0.15, 0.2) is 0 Å². The number of hydrogen-bond acceptors (Lipinski definition) is 4. The van der Waals surface area contributed by atoms with E-state index in [4.69, 9.17) is 11.6 Å². The molecule has 1 atom stereocenters. The minimum atomic E-state index is -0.738. The summed E-state index contributed by atoms with van der Waals surface area (Å²) in [5.41, 5.74) is 0. The molecule has 0 aliphatic carbocycles. The van der Waals surface area contributed by atoms with E-state index >= 15 is 0 Å². The molecular weight excluding hydrogens is 248 g/mol. The monoisotopic (exact) mass is 262 g/mol. The first-order chi connectivity index (χ1) is 8.01. The van der Waals surface area contributed by atoms with Gasteiger partial charge in [0.05, 0.1) is 13.7 Å². The summed E-state index contributed by atoms with van der Waals surface area (Å²) in [7, 11) is 1.25. The van der Waals surface area contributed by atoms with Crippen LogP contribution in [0.25, 0.3) is 0 Å². The number of esters is 1. The molecule has 0 aromatic carbocycles. The molecule has 6 nitrogen and oxygen atoms in total. The van der Waals surface area contributed by atoms with Crippen molar-refractivity contribution in [2.24, 2.45) is 0 Å². The molecule has 1 aliphatic rings. The second-order valence-corrected chi connectivity index (χ2v) is 3.99. The zero-order valence-electron chi connectivity index (χ0n) is 9.81. The van der Waals surface area contributed by atoms with Gasteiger partial charge in [-0.25, -0.2) is 4.79 Å². The van der Waals surface area contributed by atoms with Gasteiger partial charge in [-0.15, -0.1) is 11.6 Å². The Hall–Kier alpha value is -1.30. The fraction of sp³-hybridized carbons (Fsp3) is 0.700. The maximum atomic E-state index is 11.6. The SMILES string of the molecule is COC(=O)[C@H]1CN(C(=O)CCl)CCN1C(C)=O. The number of ether oxygens (including phenoxy) is 1. The number of carbonyl (C=O) groups is 3. The van der Waals surface area contributed by atoms with Crippen molar-refractivity contribution < 1.29 is 19.1 Å². The highest BCUT2D eigenvalue weighted by Crippen LogP contribution is 2.12. The number of carbonyl (C=O) groups excluding carboxylic acids is 3. The van der Waals surface area contributed by atoms with Gasteiger partial charge >= 0.3 is 5.97 Å². The Bertz CT molecular complexity index is 334. The van der Waals surface area contributed by atoms with Crippen molar-refractivity contribution in [3.8, 4) is 0 Å². The van der Waals surface area contributed by atoms with Gasteiger partial charge in [0, 0.05) is 20.0 Å². The molecule has 2 amide bonds. The summed E-state index contributed by atoms with van der Waals surface area (Å²) in [6.07, 6.45) is 0. The standard InChI is InChI=1S/C10H15ClN2O4/c1-7(14)13-4-3-12(9(15)5-11)6-8(13)10(16)17-2/h8H,3-6H2,1-2H3/t8-/m1/s1. The Morgan fingerprint density at radius 1 is 1.35 bits per heavy atom. The van der Waals surface area contributed by atoms with E-state index in [2.05, 4.69) is 4.74 Å². The summed E-state index contributed by atoms with van der Waals surface area (Å²) in [6.45, 7) is 2.23. The lowest BCUT2D eigenvalue weighted by atomic mass is 10.1. The van der Waals surface area contributed by atoms with Crippen LogP contribution < -0.4 is 0 Å². The molecule has 0 N–H and O–H groups in total. The normalized spacial score (nSPS) is 20.1. The van der Waals surface area contributed by atoms with E-state index in [0.717, 1.165) is 0 Å².